The van der Waals surface area contributed by atoms with Crippen LogP contribution in [0.1, 0.15) is 0 Å². The number of hydrogen-bond acceptors (Lipinski definition) is 8. The molecule has 0 radical (unpaired) electrons. The van der Waals surface area contributed by atoms with Crippen molar-refractivity contribution in [2.24, 2.45) is 0 Å². The Morgan fingerprint density at radius 2 is 0.482 bits per heavy atom. The Morgan fingerprint density at radius 1 is 0.268 bits per heavy atom. The summed E-state index contributed by atoms with van der Waals surface area (Å²) in [6.45, 7) is 0. The summed E-state index contributed by atoms with van der Waals surface area (Å²) in [7, 11) is 10.1. The Balaban J connectivity index is 1.21. The van der Waals surface area contributed by atoms with Crippen molar-refractivity contribution in [3.8, 4) is 56.8 Å². The molecule has 7 rings (SSSR count). The van der Waals surface area contributed by atoms with E-state index in [1.54, 1.807) is 42.7 Å². The van der Waals surface area contributed by atoms with E-state index in [9.17, 15) is 0 Å². The molecule has 0 unspecified atom stereocenters. The molecule has 0 spiro atoms. The highest BCUT2D eigenvalue weighted by molar-refractivity contribution is 5.85. The fourth-order valence-electron chi connectivity index (χ4n) is 6.75. The molecule has 0 amide bonds. The first kappa shape index (κ1) is 37.3. The maximum Gasteiger partial charge on any atom is 0.127 e. The molecule has 8 heteroatoms. The summed E-state index contributed by atoms with van der Waals surface area (Å²) in [5.74, 6) is 4.65. The molecule has 0 aliphatic heterocycles. The Hall–Kier alpha value is -7.06. The largest absolute Gasteiger partial charge is 0.497 e. The third kappa shape index (κ3) is 7.77. The number of methoxy groups -OCH3 is 6. The van der Waals surface area contributed by atoms with Crippen LogP contribution in [0, 0.1) is 0 Å². The van der Waals surface area contributed by atoms with E-state index in [1.165, 1.54) is 0 Å². The number of benzene rings is 7. The smallest absolute Gasteiger partial charge is 0.127 e. The molecule has 7 aromatic carbocycles. The Bertz CT molecular complexity index is 2080. The normalized spacial score (nSPS) is 10.7. The molecule has 0 N–H and O–H groups in total. The van der Waals surface area contributed by atoms with Crippen molar-refractivity contribution in [2.45, 2.75) is 0 Å². The summed E-state index contributed by atoms with van der Waals surface area (Å²) in [6.07, 6.45) is 0. The summed E-state index contributed by atoms with van der Waals surface area (Å²) >= 11 is 0. The van der Waals surface area contributed by atoms with E-state index in [0.717, 1.165) is 90.9 Å². The van der Waals surface area contributed by atoms with Gasteiger partial charge in [-0.05, 0) is 145 Å². The number of ether oxygens (including phenoxy) is 6. The van der Waals surface area contributed by atoms with Crippen molar-refractivity contribution < 1.29 is 28.4 Å². The number of rotatable bonds is 14. The quantitative estimate of drug-likeness (QED) is 0.109. The molecule has 0 fully saturated rings. The predicted molar refractivity (Wildman–Crippen MR) is 226 cm³/mol. The van der Waals surface area contributed by atoms with Gasteiger partial charge in [0, 0.05) is 45.3 Å². The van der Waals surface area contributed by atoms with Crippen LogP contribution in [-0.4, -0.2) is 42.7 Å². The minimum atomic E-state index is 0.734. The Kier molecular flexibility index (Phi) is 11.3. The first-order chi connectivity index (χ1) is 27.5. The van der Waals surface area contributed by atoms with E-state index in [4.69, 9.17) is 28.4 Å². The second-order valence-corrected chi connectivity index (χ2v) is 12.8. The van der Waals surface area contributed by atoms with Crippen LogP contribution in [0.4, 0.5) is 34.1 Å². The lowest BCUT2D eigenvalue weighted by Crippen LogP contribution is -2.10. The van der Waals surface area contributed by atoms with Gasteiger partial charge in [0.1, 0.15) is 34.5 Å². The molecule has 0 aliphatic rings. The Labute approximate surface area is 328 Å². The van der Waals surface area contributed by atoms with E-state index < -0.39 is 0 Å². The minimum absolute atomic E-state index is 0.734. The van der Waals surface area contributed by atoms with Gasteiger partial charge >= 0.3 is 0 Å². The molecule has 0 bridgehead atoms. The molecule has 0 aliphatic carbocycles. The number of nitrogens with zero attached hydrogens (tertiary/aromatic N) is 2. The average molecular weight is 745 g/mol. The van der Waals surface area contributed by atoms with E-state index >= 15 is 0 Å². The molecule has 0 heterocycles. The summed E-state index contributed by atoms with van der Waals surface area (Å²) < 4.78 is 33.7. The van der Waals surface area contributed by atoms with Gasteiger partial charge in [-0.25, -0.2) is 0 Å². The molecular formula is C48H44N2O6. The number of anilines is 6. The highest BCUT2D eigenvalue weighted by atomic mass is 16.5. The van der Waals surface area contributed by atoms with Gasteiger partial charge in [-0.1, -0.05) is 24.3 Å². The molecule has 0 saturated heterocycles. The highest BCUT2D eigenvalue weighted by Gasteiger charge is 2.19. The van der Waals surface area contributed by atoms with Gasteiger partial charge in [-0.2, -0.15) is 0 Å². The van der Waals surface area contributed by atoms with Crippen molar-refractivity contribution >= 4 is 34.1 Å². The van der Waals surface area contributed by atoms with Crippen molar-refractivity contribution in [3.05, 3.63) is 158 Å². The molecule has 282 valence electrons. The zero-order valence-corrected chi connectivity index (χ0v) is 32.4. The molecule has 0 atom stereocenters. The van der Waals surface area contributed by atoms with Crippen LogP contribution >= 0.6 is 0 Å². The third-order valence-corrected chi connectivity index (χ3v) is 9.72. The van der Waals surface area contributed by atoms with Gasteiger partial charge in [0.2, 0.25) is 0 Å². The first-order valence-electron chi connectivity index (χ1n) is 18.1. The SMILES string of the molecule is COc1ccc(N(c2ccc(OC)cc2)c2ccc(-c3cc(OC)c(-c4ccc(N(c5ccc(OC)cc5)c5ccc(OC)cc5)cc4)cc3OC)cc2)cc1. The highest BCUT2D eigenvalue weighted by Crippen LogP contribution is 2.44. The van der Waals surface area contributed by atoms with Crippen LogP contribution in [0.15, 0.2) is 158 Å². The van der Waals surface area contributed by atoms with E-state index in [-0.39, 0.29) is 0 Å². The number of hydrogen-bond donors (Lipinski definition) is 0. The zero-order valence-electron chi connectivity index (χ0n) is 32.4. The summed E-state index contributed by atoms with van der Waals surface area (Å²) in [5, 5.41) is 0. The lowest BCUT2D eigenvalue weighted by molar-refractivity contribution is 0.406. The van der Waals surface area contributed by atoms with Gasteiger partial charge in [0.25, 0.3) is 0 Å². The van der Waals surface area contributed by atoms with Crippen LogP contribution < -0.4 is 38.2 Å². The lowest BCUT2D eigenvalue weighted by atomic mass is 9.97. The van der Waals surface area contributed by atoms with E-state index in [1.807, 2.05) is 109 Å². The van der Waals surface area contributed by atoms with Gasteiger partial charge in [-0.15, -0.1) is 0 Å². The monoisotopic (exact) mass is 744 g/mol. The predicted octanol–water partition coefficient (Wildman–Crippen LogP) is 12.0. The van der Waals surface area contributed by atoms with Crippen LogP contribution in [0.3, 0.4) is 0 Å². The third-order valence-electron chi connectivity index (χ3n) is 9.72. The van der Waals surface area contributed by atoms with Gasteiger partial charge in [-0.3, -0.25) is 0 Å². The van der Waals surface area contributed by atoms with Crippen molar-refractivity contribution in [1.82, 2.24) is 0 Å². The molecule has 56 heavy (non-hydrogen) atoms. The fourth-order valence-corrected chi connectivity index (χ4v) is 6.75. The minimum Gasteiger partial charge on any atom is -0.497 e. The van der Waals surface area contributed by atoms with Crippen LogP contribution in [0.2, 0.25) is 0 Å². The summed E-state index contributed by atoms with van der Waals surface area (Å²) in [4.78, 5) is 4.38. The van der Waals surface area contributed by atoms with Crippen LogP contribution in [0.5, 0.6) is 34.5 Å². The zero-order chi connectivity index (χ0) is 39.0. The van der Waals surface area contributed by atoms with Gasteiger partial charge < -0.3 is 38.2 Å². The van der Waals surface area contributed by atoms with Crippen LogP contribution in [-0.2, 0) is 0 Å². The van der Waals surface area contributed by atoms with Crippen LogP contribution in [0.25, 0.3) is 22.3 Å². The van der Waals surface area contributed by atoms with Gasteiger partial charge in [0.05, 0.1) is 42.7 Å². The fraction of sp³-hybridized carbons (Fsp3) is 0.125. The van der Waals surface area contributed by atoms with Crippen molar-refractivity contribution in [1.29, 1.82) is 0 Å². The molecule has 7 aromatic rings. The first-order valence-corrected chi connectivity index (χ1v) is 18.1. The Morgan fingerprint density at radius 3 is 0.679 bits per heavy atom. The maximum atomic E-state index is 6.02. The summed E-state index contributed by atoms with van der Waals surface area (Å²) in [5.41, 5.74) is 9.78. The lowest BCUT2D eigenvalue weighted by Gasteiger charge is -2.26. The molecule has 8 nitrogen and oxygen atoms in total. The topological polar surface area (TPSA) is 61.9 Å². The molecular weight excluding hydrogens is 701 g/mol. The molecule has 0 saturated carbocycles. The van der Waals surface area contributed by atoms with E-state index in [2.05, 4.69) is 58.3 Å². The van der Waals surface area contributed by atoms with E-state index in [0.29, 0.717) is 0 Å². The average Bonchev–Trinajstić information content (AvgIpc) is 3.27. The standard InChI is InChI=1S/C48H44N2O6/c1-51-41-23-15-37(16-24-41)49(38-17-25-42(52-2)26-18-38)35-11-7-33(8-12-35)45-31-48(56-6)46(32-47(45)55-5)34-9-13-36(14-10-34)50(39-19-27-43(53-3)28-20-39)40-21-29-44(54-4)30-22-40/h7-32H,1-6H3. The molecule has 0 aromatic heterocycles. The second-order valence-electron chi connectivity index (χ2n) is 12.8. The second kappa shape index (κ2) is 17.0. The maximum absolute atomic E-state index is 6.02. The van der Waals surface area contributed by atoms with Crippen molar-refractivity contribution in [2.75, 3.05) is 52.5 Å². The van der Waals surface area contributed by atoms with Crippen molar-refractivity contribution in [3.63, 3.8) is 0 Å². The van der Waals surface area contributed by atoms with Gasteiger partial charge in [0.15, 0.2) is 0 Å². The summed E-state index contributed by atoms with van der Waals surface area (Å²) in [6, 6.07) is 53.0.